The minimum Gasteiger partial charge on any atom is -0.493 e. The Labute approximate surface area is 107 Å². The second kappa shape index (κ2) is 5.87. The van der Waals surface area contributed by atoms with Gasteiger partial charge in [-0.15, -0.1) is 0 Å². The van der Waals surface area contributed by atoms with E-state index in [1.807, 2.05) is 19.1 Å². The molecule has 2 N–H and O–H groups in total. The number of carbonyl (C=O) groups excluding carboxylic acids is 1. The topological polar surface area (TPSA) is 61.5 Å². The molecule has 18 heavy (non-hydrogen) atoms. The van der Waals surface area contributed by atoms with E-state index in [0.717, 1.165) is 24.3 Å². The molecule has 0 radical (unpaired) electrons. The maximum atomic E-state index is 11.5. The van der Waals surface area contributed by atoms with Gasteiger partial charge in [0.05, 0.1) is 19.6 Å². The molecule has 4 nitrogen and oxygen atoms in total. The van der Waals surface area contributed by atoms with Gasteiger partial charge in [-0.2, -0.15) is 0 Å². The van der Waals surface area contributed by atoms with Gasteiger partial charge in [-0.3, -0.25) is 4.79 Å². The highest BCUT2D eigenvalue weighted by Crippen LogP contribution is 2.29. The van der Waals surface area contributed by atoms with Crippen LogP contribution in [0.2, 0.25) is 0 Å². The molecule has 0 amide bonds. The minimum atomic E-state index is -0.190. The van der Waals surface area contributed by atoms with Crippen molar-refractivity contribution in [2.24, 2.45) is 5.73 Å². The molecule has 0 aliphatic carbocycles. The average molecular weight is 249 g/mol. The zero-order valence-corrected chi connectivity index (χ0v) is 10.6. The Morgan fingerprint density at radius 1 is 1.56 bits per heavy atom. The van der Waals surface area contributed by atoms with Crippen LogP contribution < -0.4 is 10.5 Å². The van der Waals surface area contributed by atoms with Crippen molar-refractivity contribution in [2.45, 2.75) is 25.7 Å². The summed E-state index contributed by atoms with van der Waals surface area (Å²) in [5, 5.41) is 0. The SMILES string of the molecule is CCOC(=O)CC(CN)c1ccc2c(c1)CCO2. The van der Waals surface area contributed by atoms with Crippen LogP contribution in [0.4, 0.5) is 0 Å². The summed E-state index contributed by atoms with van der Waals surface area (Å²) in [5.41, 5.74) is 8.05. The molecule has 1 atom stereocenters. The second-order valence-electron chi connectivity index (χ2n) is 4.41. The van der Waals surface area contributed by atoms with E-state index in [9.17, 15) is 4.79 Å². The molecule has 1 heterocycles. The van der Waals surface area contributed by atoms with Gasteiger partial charge in [0.2, 0.25) is 0 Å². The van der Waals surface area contributed by atoms with Crippen LogP contribution in [0.5, 0.6) is 5.75 Å². The molecule has 1 aliphatic heterocycles. The first-order chi connectivity index (χ1) is 8.74. The summed E-state index contributed by atoms with van der Waals surface area (Å²) in [6, 6.07) is 6.05. The number of rotatable bonds is 5. The van der Waals surface area contributed by atoms with Crippen LogP contribution in [0, 0.1) is 0 Å². The van der Waals surface area contributed by atoms with Crippen LogP contribution in [0.1, 0.15) is 30.4 Å². The highest BCUT2D eigenvalue weighted by molar-refractivity contribution is 5.70. The first-order valence-corrected chi connectivity index (χ1v) is 6.36. The van der Waals surface area contributed by atoms with E-state index < -0.39 is 0 Å². The van der Waals surface area contributed by atoms with Crippen molar-refractivity contribution in [2.75, 3.05) is 19.8 Å². The van der Waals surface area contributed by atoms with E-state index in [0.29, 0.717) is 19.6 Å². The van der Waals surface area contributed by atoms with E-state index in [4.69, 9.17) is 15.2 Å². The molecule has 98 valence electrons. The van der Waals surface area contributed by atoms with E-state index in [1.165, 1.54) is 5.56 Å². The summed E-state index contributed by atoms with van der Waals surface area (Å²) < 4.78 is 10.4. The van der Waals surface area contributed by atoms with Crippen molar-refractivity contribution in [3.05, 3.63) is 29.3 Å². The zero-order chi connectivity index (χ0) is 13.0. The van der Waals surface area contributed by atoms with Crippen LogP contribution in [0.3, 0.4) is 0 Å². The maximum Gasteiger partial charge on any atom is 0.306 e. The van der Waals surface area contributed by atoms with Crippen molar-refractivity contribution in [1.29, 1.82) is 0 Å². The Kier molecular flexibility index (Phi) is 4.20. The summed E-state index contributed by atoms with van der Waals surface area (Å²) >= 11 is 0. The third kappa shape index (κ3) is 2.82. The lowest BCUT2D eigenvalue weighted by Gasteiger charge is -2.15. The zero-order valence-electron chi connectivity index (χ0n) is 10.6. The fourth-order valence-electron chi connectivity index (χ4n) is 2.22. The molecule has 0 aromatic heterocycles. The standard InChI is InChI=1S/C14H19NO3/c1-2-17-14(16)8-12(9-15)10-3-4-13-11(7-10)5-6-18-13/h3-4,7,12H,2,5-6,8-9,15H2,1H3. The molecule has 0 spiro atoms. The Morgan fingerprint density at radius 2 is 2.39 bits per heavy atom. The van der Waals surface area contributed by atoms with Crippen molar-refractivity contribution in [3.8, 4) is 5.75 Å². The molecule has 0 bridgehead atoms. The number of fused-ring (bicyclic) bond motifs is 1. The Hall–Kier alpha value is -1.55. The lowest BCUT2D eigenvalue weighted by molar-refractivity contribution is -0.143. The third-order valence-corrected chi connectivity index (χ3v) is 3.19. The minimum absolute atomic E-state index is 0.0231. The van der Waals surface area contributed by atoms with Crippen LogP contribution in [-0.4, -0.2) is 25.7 Å². The predicted octanol–water partition coefficient (Wildman–Crippen LogP) is 1.62. The number of hydrogen-bond acceptors (Lipinski definition) is 4. The maximum absolute atomic E-state index is 11.5. The first-order valence-electron chi connectivity index (χ1n) is 6.36. The van der Waals surface area contributed by atoms with Gasteiger partial charge in [0, 0.05) is 12.3 Å². The number of hydrogen-bond donors (Lipinski definition) is 1. The summed E-state index contributed by atoms with van der Waals surface area (Å²) in [5.74, 6) is 0.783. The van der Waals surface area contributed by atoms with Gasteiger partial charge in [0.1, 0.15) is 5.75 Å². The van der Waals surface area contributed by atoms with Gasteiger partial charge >= 0.3 is 5.97 Å². The quantitative estimate of drug-likeness (QED) is 0.805. The molecule has 1 aliphatic rings. The largest absolute Gasteiger partial charge is 0.493 e. The Balaban J connectivity index is 2.10. The van der Waals surface area contributed by atoms with Crippen LogP contribution in [0.15, 0.2) is 18.2 Å². The van der Waals surface area contributed by atoms with Gasteiger partial charge in [0.25, 0.3) is 0 Å². The number of ether oxygens (including phenoxy) is 2. The van der Waals surface area contributed by atoms with Gasteiger partial charge in [-0.1, -0.05) is 12.1 Å². The van der Waals surface area contributed by atoms with Crippen molar-refractivity contribution in [3.63, 3.8) is 0 Å². The monoisotopic (exact) mass is 249 g/mol. The lowest BCUT2D eigenvalue weighted by Crippen LogP contribution is -2.18. The normalized spacial score (nSPS) is 14.8. The van der Waals surface area contributed by atoms with Crippen LogP contribution in [0.25, 0.3) is 0 Å². The van der Waals surface area contributed by atoms with E-state index in [1.54, 1.807) is 0 Å². The first kappa shape index (κ1) is 12.9. The molecule has 1 aromatic carbocycles. The van der Waals surface area contributed by atoms with E-state index in [2.05, 4.69) is 6.07 Å². The smallest absolute Gasteiger partial charge is 0.306 e. The number of nitrogens with two attached hydrogens (primary N) is 1. The molecular formula is C14H19NO3. The highest BCUT2D eigenvalue weighted by atomic mass is 16.5. The molecular weight excluding hydrogens is 230 g/mol. The van der Waals surface area contributed by atoms with Crippen molar-refractivity contribution < 1.29 is 14.3 Å². The molecule has 1 aromatic rings. The van der Waals surface area contributed by atoms with Gasteiger partial charge in [-0.25, -0.2) is 0 Å². The summed E-state index contributed by atoms with van der Waals surface area (Å²) in [6.07, 6.45) is 1.27. The fourth-order valence-corrected chi connectivity index (χ4v) is 2.22. The fraction of sp³-hybridized carbons (Fsp3) is 0.500. The average Bonchev–Trinajstić information content (AvgIpc) is 2.83. The molecule has 0 fully saturated rings. The number of esters is 1. The van der Waals surface area contributed by atoms with Gasteiger partial charge in [0.15, 0.2) is 0 Å². The van der Waals surface area contributed by atoms with Crippen LogP contribution in [-0.2, 0) is 16.0 Å². The molecule has 1 unspecified atom stereocenters. The summed E-state index contributed by atoms with van der Waals surface area (Å²) in [6.45, 7) is 3.40. The Bertz CT molecular complexity index is 431. The molecule has 0 saturated carbocycles. The molecule has 0 saturated heterocycles. The highest BCUT2D eigenvalue weighted by Gasteiger charge is 2.19. The summed E-state index contributed by atoms with van der Waals surface area (Å²) in [4.78, 5) is 11.5. The van der Waals surface area contributed by atoms with Gasteiger partial charge in [-0.05, 0) is 30.7 Å². The number of benzene rings is 1. The number of carbonyl (C=O) groups is 1. The third-order valence-electron chi connectivity index (χ3n) is 3.19. The lowest BCUT2D eigenvalue weighted by atomic mass is 9.94. The van der Waals surface area contributed by atoms with E-state index >= 15 is 0 Å². The molecule has 4 heteroatoms. The predicted molar refractivity (Wildman–Crippen MR) is 68.7 cm³/mol. The van der Waals surface area contributed by atoms with Crippen LogP contribution >= 0.6 is 0 Å². The Morgan fingerprint density at radius 3 is 3.11 bits per heavy atom. The van der Waals surface area contributed by atoms with Crippen molar-refractivity contribution in [1.82, 2.24) is 0 Å². The molecule has 2 rings (SSSR count). The summed E-state index contributed by atoms with van der Waals surface area (Å²) in [7, 11) is 0. The van der Waals surface area contributed by atoms with E-state index in [-0.39, 0.29) is 11.9 Å². The van der Waals surface area contributed by atoms with Gasteiger partial charge < -0.3 is 15.2 Å². The second-order valence-corrected chi connectivity index (χ2v) is 4.41. The van der Waals surface area contributed by atoms with Crippen molar-refractivity contribution >= 4 is 5.97 Å².